The quantitative estimate of drug-likeness (QED) is 0.793. The number of halogens is 1. The van der Waals surface area contributed by atoms with Gasteiger partial charge in [0.2, 0.25) is 0 Å². The summed E-state index contributed by atoms with van der Waals surface area (Å²) in [6.07, 6.45) is 0.701. The smallest absolute Gasteiger partial charge is 0.267 e. The van der Waals surface area contributed by atoms with Gasteiger partial charge in [0.05, 0.1) is 5.69 Å². The number of anilines is 1. The number of carbonyl (C=O) groups is 1. The van der Waals surface area contributed by atoms with Crippen LogP contribution in [0.1, 0.15) is 13.3 Å². The molecule has 1 heterocycles. The third-order valence-electron chi connectivity index (χ3n) is 2.58. The van der Waals surface area contributed by atoms with Crippen LogP contribution < -0.4 is 10.7 Å². The van der Waals surface area contributed by atoms with Gasteiger partial charge >= 0.3 is 0 Å². The molecule has 17 heavy (non-hydrogen) atoms. The summed E-state index contributed by atoms with van der Waals surface area (Å²) in [7, 11) is 0. The Bertz CT molecular complexity index is 442. The molecule has 1 saturated heterocycles. The Morgan fingerprint density at radius 2 is 2.12 bits per heavy atom. The van der Waals surface area contributed by atoms with Gasteiger partial charge in [-0.1, -0.05) is 18.5 Å². The predicted octanol–water partition coefficient (Wildman–Crippen LogP) is 2.26. The molecule has 1 unspecified atom stereocenters. The van der Waals surface area contributed by atoms with Crippen molar-refractivity contribution in [3.05, 3.63) is 29.3 Å². The van der Waals surface area contributed by atoms with E-state index >= 15 is 0 Å². The summed E-state index contributed by atoms with van der Waals surface area (Å²) in [5, 5.41) is 7.60. The van der Waals surface area contributed by atoms with Crippen molar-refractivity contribution in [2.24, 2.45) is 11.0 Å². The third-order valence-corrected chi connectivity index (χ3v) is 2.83. The summed E-state index contributed by atoms with van der Waals surface area (Å²) < 4.78 is 0. The Morgan fingerprint density at radius 1 is 1.41 bits per heavy atom. The predicted molar refractivity (Wildman–Crippen MR) is 69.3 cm³/mol. The Labute approximate surface area is 105 Å². The first-order valence-corrected chi connectivity index (χ1v) is 5.89. The molecule has 90 valence electrons. The van der Waals surface area contributed by atoms with E-state index in [2.05, 4.69) is 22.8 Å². The molecule has 2 rings (SSSR count). The number of amides is 1. The van der Waals surface area contributed by atoms with Crippen LogP contribution in [0.4, 0.5) is 5.69 Å². The van der Waals surface area contributed by atoms with E-state index in [4.69, 9.17) is 11.6 Å². The van der Waals surface area contributed by atoms with Crippen molar-refractivity contribution in [3.8, 4) is 0 Å². The van der Waals surface area contributed by atoms with Crippen LogP contribution in [0.25, 0.3) is 0 Å². The van der Waals surface area contributed by atoms with Gasteiger partial charge in [-0.25, -0.2) is 0 Å². The summed E-state index contributed by atoms with van der Waals surface area (Å²) >= 11 is 5.78. The maximum atomic E-state index is 11.5. The summed E-state index contributed by atoms with van der Waals surface area (Å²) in [6.45, 7) is 2.80. The number of piperidine rings is 1. The van der Waals surface area contributed by atoms with Crippen molar-refractivity contribution in [1.29, 1.82) is 0 Å². The molecule has 1 aliphatic rings. The van der Waals surface area contributed by atoms with Gasteiger partial charge in [-0.3, -0.25) is 10.2 Å². The average molecular weight is 252 g/mol. The van der Waals surface area contributed by atoms with Crippen molar-refractivity contribution >= 4 is 28.9 Å². The topological polar surface area (TPSA) is 53.5 Å². The fourth-order valence-corrected chi connectivity index (χ4v) is 1.74. The second kappa shape index (κ2) is 5.19. The first kappa shape index (κ1) is 11.9. The molecule has 1 aromatic carbocycles. The van der Waals surface area contributed by atoms with Crippen molar-refractivity contribution < 1.29 is 4.79 Å². The van der Waals surface area contributed by atoms with Crippen LogP contribution in [-0.4, -0.2) is 18.2 Å². The van der Waals surface area contributed by atoms with Gasteiger partial charge in [0.1, 0.15) is 5.71 Å². The number of hydrogen-bond donors (Lipinski definition) is 2. The van der Waals surface area contributed by atoms with Crippen LogP contribution in [-0.2, 0) is 4.79 Å². The summed E-state index contributed by atoms with van der Waals surface area (Å²) in [5.74, 6) is 0.336. The molecule has 1 amide bonds. The normalized spacial score (nSPS) is 22.4. The number of nitrogens with zero attached hydrogens (tertiary/aromatic N) is 1. The second-order valence-corrected chi connectivity index (χ2v) is 4.63. The minimum atomic E-state index is -0.0930. The molecule has 0 radical (unpaired) electrons. The summed E-state index contributed by atoms with van der Waals surface area (Å²) in [4.78, 5) is 11.5. The van der Waals surface area contributed by atoms with Crippen molar-refractivity contribution in [1.82, 2.24) is 5.32 Å². The highest BCUT2D eigenvalue weighted by atomic mass is 35.5. The lowest BCUT2D eigenvalue weighted by Crippen LogP contribution is -2.41. The minimum absolute atomic E-state index is 0.0930. The molecule has 0 saturated carbocycles. The third kappa shape index (κ3) is 3.20. The SMILES string of the molecule is CC1CNC(=O)/C(=N\Nc2ccc(Cl)cc2)C1. The Balaban J connectivity index is 2.04. The molecular formula is C12H14ClN3O. The van der Waals surface area contributed by atoms with Crippen LogP contribution in [0, 0.1) is 5.92 Å². The number of hydrazone groups is 1. The highest BCUT2D eigenvalue weighted by Gasteiger charge is 2.21. The highest BCUT2D eigenvalue weighted by Crippen LogP contribution is 2.14. The molecule has 1 fully saturated rings. The zero-order chi connectivity index (χ0) is 12.3. The lowest BCUT2D eigenvalue weighted by atomic mass is 10.00. The van der Waals surface area contributed by atoms with Crippen molar-refractivity contribution in [2.45, 2.75) is 13.3 Å². The second-order valence-electron chi connectivity index (χ2n) is 4.20. The average Bonchev–Trinajstić information content (AvgIpc) is 2.32. The number of hydrogen-bond acceptors (Lipinski definition) is 3. The largest absolute Gasteiger partial charge is 0.351 e. The molecular weight excluding hydrogens is 238 g/mol. The Hall–Kier alpha value is -1.55. The molecule has 0 aromatic heterocycles. The Kier molecular flexibility index (Phi) is 3.64. The fourth-order valence-electron chi connectivity index (χ4n) is 1.62. The van der Waals surface area contributed by atoms with Crippen molar-refractivity contribution in [3.63, 3.8) is 0 Å². The zero-order valence-electron chi connectivity index (χ0n) is 9.53. The van der Waals surface area contributed by atoms with Gasteiger partial charge in [-0.2, -0.15) is 5.10 Å². The van der Waals surface area contributed by atoms with Gasteiger partial charge < -0.3 is 5.32 Å². The molecule has 0 aliphatic carbocycles. The van der Waals surface area contributed by atoms with Gasteiger partial charge in [-0.05, 0) is 30.2 Å². The standard InChI is InChI=1S/C12H14ClN3O/c1-8-6-11(12(17)14-7-8)16-15-10-4-2-9(13)3-5-10/h2-5,8,15H,6-7H2,1H3,(H,14,17)/b16-11-. The minimum Gasteiger partial charge on any atom is -0.351 e. The summed E-state index contributed by atoms with van der Waals surface area (Å²) in [5.41, 5.74) is 4.21. The van der Waals surface area contributed by atoms with Crippen LogP contribution in [0.5, 0.6) is 0 Å². The zero-order valence-corrected chi connectivity index (χ0v) is 10.3. The number of rotatable bonds is 2. The first-order valence-electron chi connectivity index (χ1n) is 5.51. The van der Waals surface area contributed by atoms with E-state index in [0.29, 0.717) is 23.1 Å². The Morgan fingerprint density at radius 3 is 2.82 bits per heavy atom. The maximum absolute atomic E-state index is 11.5. The number of nitrogens with one attached hydrogen (secondary N) is 2. The number of benzene rings is 1. The monoisotopic (exact) mass is 251 g/mol. The fraction of sp³-hybridized carbons (Fsp3) is 0.333. The van der Waals surface area contributed by atoms with Crippen LogP contribution in [0.2, 0.25) is 5.02 Å². The van der Waals surface area contributed by atoms with E-state index in [-0.39, 0.29) is 5.91 Å². The molecule has 0 spiro atoms. The molecule has 0 bridgehead atoms. The molecule has 2 N–H and O–H groups in total. The molecule has 1 aliphatic heterocycles. The van der Waals surface area contributed by atoms with Gasteiger partial charge in [-0.15, -0.1) is 0 Å². The van der Waals surface area contributed by atoms with E-state index in [9.17, 15) is 4.79 Å². The van der Waals surface area contributed by atoms with Gasteiger partial charge in [0, 0.05) is 18.0 Å². The van der Waals surface area contributed by atoms with Gasteiger partial charge in [0.15, 0.2) is 0 Å². The lowest BCUT2D eigenvalue weighted by molar-refractivity contribution is -0.115. The van der Waals surface area contributed by atoms with Crippen molar-refractivity contribution in [2.75, 3.05) is 12.0 Å². The van der Waals surface area contributed by atoms with Crippen LogP contribution >= 0.6 is 11.6 Å². The number of carbonyl (C=O) groups excluding carboxylic acids is 1. The lowest BCUT2D eigenvalue weighted by Gasteiger charge is -2.19. The van der Waals surface area contributed by atoms with E-state index < -0.39 is 0 Å². The molecule has 4 nitrogen and oxygen atoms in total. The molecule has 5 heteroatoms. The van der Waals surface area contributed by atoms with E-state index in [0.717, 1.165) is 12.2 Å². The maximum Gasteiger partial charge on any atom is 0.267 e. The molecule has 1 atom stereocenters. The first-order chi connectivity index (χ1) is 8.15. The van der Waals surface area contributed by atoms with E-state index in [1.54, 1.807) is 12.1 Å². The molecule has 1 aromatic rings. The van der Waals surface area contributed by atoms with Crippen LogP contribution in [0.15, 0.2) is 29.4 Å². The highest BCUT2D eigenvalue weighted by molar-refractivity contribution is 6.39. The summed E-state index contributed by atoms with van der Waals surface area (Å²) in [6, 6.07) is 7.17. The van der Waals surface area contributed by atoms with E-state index in [1.807, 2.05) is 12.1 Å². The van der Waals surface area contributed by atoms with Gasteiger partial charge in [0.25, 0.3) is 5.91 Å². The van der Waals surface area contributed by atoms with E-state index in [1.165, 1.54) is 0 Å². The van der Waals surface area contributed by atoms with Crippen LogP contribution in [0.3, 0.4) is 0 Å².